The van der Waals surface area contributed by atoms with E-state index in [1.54, 1.807) is 12.1 Å². The lowest BCUT2D eigenvalue weighted by molar-refractivity contribution is 0.104. The molecular weight excluding hydrogens is 238 g/mol. The molecule has 0 saturated heterocycles. The standard InChI is InChI=1S/C16H13NO2/c1-10-7-8-12-13(9-10)19-16(17)14(12)15(18)11-5-3-2-4-6-11/h2-9H,17H2,1H3. The zero-order valence-corrected chi connectivity index (χ0v) is 10.5. The van der Waals surface area contributed by atoms with Gasteiger partial charge in [0.15, 0.2) is 5.78 Å². The van der Waals surface area contributed by atoms with Crippen molar-refractivity contribution in [3.63, 3.8) is 0 Å². The summed E-state index contributed by atoms with van der Waals surface area (Å²) in [5.41, 5.74) is 8.63. The van der Waals surface area contributed by atoms with Crippen molar-refractivity contribution in [1.82, 2.24) is 0 Å². The first kappa shape index (κ1) is 11.5. The number of nitrogen functional groups attached to an aromatic ring is 1. The molecule has 2 N–H and O–H groups in total. The van der Waals surface area contributed by atoms with Crippen molar-refractivity contribution < 1.29 is 9.21 Å². The monoisotopic (exact) mass is 251 g/mol. The van der Waals surface area contributed by atoms with Crippen molar-refractivity contribution in [2.45, 2.75) is 6.92 Å². The Morgan fingerprint density at radius 2 is 1.84 bits per heavy atom. The minimum atomic E-state index is -0.110. The second-order valence-electron chi connectivity index (χ2n) is 4.54. The van der Waals surface area contributed by atoms with Crippen LogP contribution in [0.3, 0.4) is 0 Å². The number of carbonyl (C=O) groups excluding carboxylic acids is 1. The molecule has 19 heavy (non-hydrogen) atoms. The zero-order chi connectivity index (χ0) is 13.4. The SMILES string of the molecule is Cc1ccc2c(C(=O)c3ccccc3)c(N)oc2c1. The number of aryl methyl sites for hydroxylation is 1. The second-order valence-corrected chi connectivity index (χ2v) is 4.54. The highest BCUT2D eigenvalue weighted by Gasteiger charge is 2.20. The molecule has 1 aromatic heterocycles. The van der Waals surface area contributed by atoms with Crippen molar-refractivity contribution in [3.05, 3.63) is 65.2 Å². The fourth-order valence-corrected chi connectivity index (χ4v) is 2.19. The predicted molar refractivity (Wildman–Crippen MR) is 75.2 cm³/mol. The number of ketones is 1. The topological polar surface area (TPSA) is 56.2 Å². The predicted octanol–water partition coefficient (Wildman–Crippen LogP) is 3.55. The van der Waals surface area contributed by atoms with E-state index in [1.807, 2.05) is 43.3 Å². The first-order valence-electron chi connectivity index (χ1n) is 6.05. The van der Waals surface area contributed by atoms with Gasteiger partial charge >= 0.3 is 0 Å². The Labute approximate surface area is 110 Å². The molecule has 0 aliphatic heterocycles. The lowest BCUT2D eigenvalue weighted by atomic mass is 10.0. The van der Waals surface area contributed by atoms with E-state index in [0.29, 0.717) is 16.7 Å². The van der Waals surface area contributed by atoms with Crippen LogP contribution < -0.4 is 5.73 Å². The van der Waals surface area contributed by atoms with Gasteiger partial charge in [-0.15, -0.1) is 0 Å². The van der Waals surface area contributed by atoms with E-state index in [0.717, 1.165) is 10.9 Å². The molecule has 0 aliphatic rings. The maximum absolute atomic E-state index is 12.5. The van der Waals surface area contributed by atoms with Crippen LogP contribution in [0.4, 0.5) is 5.88 Å². The molecule has 0 unspecified atom stereocenters. The minimum absolute atomic E-state index is 0.110. The van der Waals surface area contributed by atoms with Gasteiger partial charge in [-0.2, -0.15) is 0 Å². The molecule has 3 rings (SSSR count). The molecule has 0 saturated carbocycles. The molecule has 3 heteroatoms. The molecule has 0 radical (unpaired) electrons. The van der Waals surface area contributed by atoms with Crippen molar-refractivity contribution in [2.75, 3.05) is 5.73 Å². The molecule has 0 bridgehead atoms. The molecule has 0 spiro atoms. The van der Waals surface area contributed by atoms with Crippen LogP contribution in [-0.2, 0) is 0 Å². The van der Waals surface area contributed by atoms with Crippen molar-refractivity contribution in [1.29, 1.82) is 0 Å². The van der Waals surface area contributed by atoms with Gasteiger partial charge < -0.3 is 10.2 Å². The van der Waals surface area contributed by atoms with Gasteiger partial charge in [0.25, 0.3) is 0 Å². The molecule has 1 heterocycles. The smallest absolute Gasteiger partial charge is 0.202 e. The van der Waals surface area contributed by atoms with E-state index < -0.39 is 0 Å². The van der Waals surface area contributed by atoms with E-state index in [1.165, 1.54) is 0 Å². The van der Waals surface area contributed by atoms with Crippen molar-refractivity contribution >= 4 is 22.6 Å². The number of carbonyl (C=O) groups is 1. The molecule has 2 aromatic carbocycles. The lowest BCUT2D eigenvalue weighted by Gasteiger charge is -1.99. The maximum Gasteiger partial charge on any atom is 0.202 e. The molecule has 3 nitrogen and oxygen atoms in total. The highest BCUT2D eigenvalue weighted by molar-refractivity contribution is 6.18. The Bertz CT molecular complexity index is 757. The summed E-state index contributed by atoms with van der Waals surface area (Å²) in [7, 11) is 0. The number of rotatable bonds is 2. The molecule has 94 valence electrons. The largest absolute Gasteiger partial charge is 0.440 e. The highest BCUT2D eigenvalue weighted by Crippen LogP contribution is 2.30. The molecule has 0 amide bonds. The van der Waals surface area contributed by atoms with E-state index >= 15 is 0 Å². The van der Waals surface area contributed by atoms with Crippen LogP contribution in [0.2, 0.25) is 0 Å². The average Bonchev–Trinajstić information content (AvgIpc) is 2.74. The average molecular weight is 251 g/mol. The third-order valence-electron chi connectivity index (χ3n) is 3.14. The summed E-state index contributed by atoms with van der Waals surface area (Å²) in [6.07, 6.45) is 0. The number of benzene rings is 2. The van der Waals surface area contributed by atoms with Crippen LogP contribution in [0, 0.1) is 6.92 Å². The molecular formula is C16H13NO2. The van der Waals surface area contributed by atoms with E-state index in [4.69, 9.17) is 10.2 Å². The van der Waals surface area contributed by atoms with Gasteiger partial charge in [-0.3, -0.25) is 4.79 Å². The van der Waals surface area contributed by atoms with Crippen LogP contribution in [0.1, 0.15) is 21.5 Å². The van der Waals surface area contributed by atoms with Crippen molar-refractivity contribution in [3.8, 4) is 0 Å². The summed E-state index contributed by atoms with van der Waals surface area (Å²) < 4.78 is 5.48. The summed E-state index contributed by atoms with van der Waals surface area (Å²) in [6, 6.07) is 14.8. The summed E-state index contributed by atoms with van der Waals surface area (Å²) in [4.78, 5) is 12.5. The van der Waals surface area contributed by atoms with Gasteiger partial charge in [-0.05, 0) is 18.6 Å². The van der Waals surface area contributed by atoms with Crippen molar-refractivity contribution in [2.24, 2.45) is 0 Å². The Hall–Kier alpha value is -2.55. The van der Waals surface area contributed by atoms with Crippen LogP contribution in [0.5, 0.6) is 0 Å². The Morgan fingerprint density at radius 3 is 2.58 bits per heavy atom. The van der Waals surface area contributed by atoms with Crippen LogP contribution in [0.25, 0.3) is 11.0 Å². The van der Waals surface area contributed by atoms with Crippen LogP contribution >= 0.6 is 0 Å². The Kier molecular flexibility index (Phi) is 2.60. The first-order chi connectivity index (χ1) is 9.16. The molecule has 3 aromatic rings. The third-order valence-corrected chi connectivity index (χ3v) is 3.14. The summed E-state index contributed by atoms with van der Waals surface area (Å²) in [5, 5.41) is 0.761. The maximum atomic E-state index is 12.5. The number of hydrogen-bond donors (Lipinski definition) is 1. The van der Waals surface area contributed by atoms with Crippen LogP contribution in [0.15, 0.2) is 52.9 Å². The summed E-state index contributed by atoms with van der Waals surface area (Å²) in [5.74, 6) is 0.0650. The second kappa shape index (κ2) is 4.28. The molecule has 0 fully saturated rings. The number of fused-ring (bicyclic) bond motifs is 1. The van der Waals surface area contributed by atoms with Crippen LogP contribution in [-0.4, -0.2) is 5.78 Å². The Balaban J connectivity index is 2.20. The van der Waals surface area contributed by atoms with E-state index in [9.17, 15) is 4.79 Å². The third kappa shape index (κ3) is 1.89. The van der Waals surface area contributed by atoms with E-state index in [2.05, 4.69) is 0 Å². The van der Waals surface area contributed by atoms with Gasteiger partial charge in [0.1, 0.15) is 5.58 Å². The first-order valence-corrected chi connectivity index (χ1v) is 6.05. The highest BCUT2D eigenvalue weighted by atomic mass is 16.3. The van der Waals surface area contributed by atoms with Gasteiger partial charge in [-0.1, -0.05) is 42.5 Å². The summed E-state index contributed by atoms with van der Waals surface area (Å²) >= 11 is 0. The number of hydrogen-bond acceptors (Lipinski definition) is 3. The van der Waals surface area contributed by atoms with E-state index in [-0.39, 0.29) is 11.7 Å². The number of nitrogens with two attached hydrogens (primary N) is 1. The molecule has 0 aliphatic carbocycles. The fraction of sp³-hybridized carbons (Fsp3) is 0.0625. The minimum Gasteiger partial charge on any atom is -0.440 e. The number of furan rings is 1. The van der Waals surface area contributed by atoms with Gasteiger partial charge in [-0.25, -0.2) is 0 Å². The lowest BCUT2D eigenvalue weighted by Crippen LogP contribution is -2.03. The van der Waals surface area contributed by atoms with Gasteiger partial charge in [0.2, 0.25) is 5.88 Å². The normalized spacial score (nSPS) is 10.8. The summed E-state index contributed by atoms with van der Waals surface area (Å²) in [6.45, 7) is 1.97. The van der Waals surface area contributed by atoms with Gasteiger partial charge in [0.05, 0.1) is 5.56 Å². The fourth-order valence-electron chi connectivity index (χ4n) is 2.19. The van der Waals surface area contributed by atoms with Gasteiger partial charge in [0, 0.05) is 10.9 Å². The molecule has 0 atom stereocenters. The Morgan fingerprint density at radius 1 is 1.11 bits per heavy atom. The number of anilines is 1. The zero-order valence-electron chi connectivity index (χ0n) is 10.5. The quantitative estimate of drug-likeness (QED) is 0.708.